The summed E-state index contributed by atoms with van der Waals surface area (Å²) < 4.78 is 5.39. The molecule has 1 atom stereocenters. The molecule has 0 aromatic carbocycles. The van der Waals surface area contributed by atoms with E-state index in [1.165, 1.54) is 32.4 Å². The Morgan fingerprint density at radius 1 is 1.11 bits per heavy atom. The van der Waals surface area contributed by atoms with Crippen LogP contribution in [0.3, 0.4) is 0 Å². The van der Waals surface area contributed by atoms with Gasteiger partial charge >= 0.3 is 0 Å². The molecule has 0 saturated carbocycles. The smallest absolute Gasteiger partial charge is 0.191 e. The summed E-state index contributed by atoms with van der Waals surface area (Å²) in [5.41, 5.74) is 0. The van der Waals surface area contributed by atoms with E-state index < -0.39 is 0 Å². The normalized spacial score (nSPS) is 16.9. The molecule has 0 aromatic rings. The fourth-order valence-corrected chi connectivity index (χ4v) is 3.25. The van der Waals surface area contributed by atoms with E-state index in [9.17, 15) is 0 Å². The molecule has 0 amide bonds. The number of nitrogens with one attached hydrogen (secondary N) is 2. The van der Waals surface area contributed by atoms with Gasteiger partial charge in [0.05, 0.1) is 13.2 Å². The third kappa shape index (κ3) is 13.7. The molecule has 0 aliphatic carbocycles. The second-order valence-electron chi connectivity index (χ2n) is 7.14. The minimum Gasteiger partial charge on any atom is -0.379 e. The third-order valence-electron chi connectivity index (χ3n) is 4.99. The summed E-state index contributed by atoms with van der Waals surface area (Å²) in [6.07, 6.45) is 4.76. The predicted octanol–water partition coefficient (Wildman–Crippen LogP) is 2.78. The number of ether oxygens (including phenoxy) is 1. The molecule has 0 radical (unpaired) electrons. The van der Waals surface area contributed by atoms with Gasteiger partial charge in [-0.1, -0.05) is 13.8 Å². The van der Waals surface area contributed by atoms with Gasteiger partial charge in [-0.15, -0.1) is 24.0 Å². The minimum absolute atomic E-state index is 0. The summed E-state index contributed by atoms with van der Waals surface area (Å²) in [5.74, 6) is 0.967. The van der Waals surface area contributed by atoms with Gasteiger partial charge in [-0.2, -0.15) is 0 Å². The zero-order chi connectivity index (χ0) is 19.0. The molecule has 0 spiro atoms. The van der Waals surface area contributed by atoms with Crippen molar-refractivity contribution in [3.63, 3.8) is 0 Å². The van der Waals surface area contributed by atoms with E-state index in [0.717, 1.165) is 64.9 Å². The second-order valence-corrected chi connectivity index (χ2v) is 7.14. The molecule has 1 heterocycles. The van der Waals surface area contributed by atoms with Gasteiger partial charge in [-0.3, -0.25) is 9.89 Å². The maximum atomic E-state index is 5.39. The molecule has 7 heteroatoms. The van der Waals surface area contributed by atoms with Gasteiger partial charge < -0.3 is 20.3 Å². The molecular formula is C20H44IN5O. The molecule has 162 valence electrons. The third-order valence-corrected chi connectivity index (χ3v) is 4.99. The fourth-order valence-electron chi connectivity index (χ4n) is 3.25. The minimum atomic E-state index is 0. The van der Waals surface area contributed by atoms with E-state index in [4.69, 9.17) is 9.73 Å². The summed E-state index contributed by atoms with van der Waals surface area (Å²) in [4.78, 5) is 9.73. The molecule has 6 nitrogen and oxygen atoms in total. The Morgan fingerprint density at radius 3 is 2.44 bits per heavy atom. The van der Waals surface area contributed by atoms with Crippen molar-refractivity contribution < 1.29 is 4.74 Å². The van der Waals surface area contributed by atoms with Crippen LogP contribution in [0.2, 0.25) is 0 Å². The van der Waals surface area contributed by atoms with Crippen LogP contribution in [0.1, 0.15) is 53.4 Å². The van der Waals surface area contributed by atoms with Crippen LogP contribution in [0.5, 0.6) is 0 Å². The van der Waals surface area contributed by atoms with Gasteiger partial charge in [-0.25, -0.2) is 0 Å². The average Bonchev–Trinajstić information content (AvgIpc) is 2.66. The van der Waals surface area contributed by atoms with Crippen LogP contribution in [0.25, 0.3) is 0 Å². The predicted molar refractivity (Wildman–Crippen MR) is 128 cm³/mol. The largest absolute Gasteiger partial charge is 0.379 e. The van der Waals surface area contributed by atoms with Gasteiger partial charge in [0.25, 0.3) is 0 Å². The lowest BCUT2D eigenvalue weighted by Crippen LogP contribution is -2.42. The lowest BCUT2D eigenvalue weighted by Gasteiger charge is -2.26. The van der Waals surface area contributed by atoms with Crippen molar-refractivity contribution in [3.8, 4) is 0 Å². The van der Waals surface area contributed by atoms with E-state index in [1.807, 2.05) is 0 Å². The number of guanidine groups is 1. The van der Waals surface area contributed by atoms with E-state index >= 15 is 0 Å². The maximum Gasteiger partial charge on any atom is 0.191 e. The summed E-state index contributed by atoms with van der Waals surface area (Å²) in [6, 6.07) is 0.455. The Labute approximate surface area is 184 Å². The van der Waals surface area contributed by atoms with Crippen molar-refractivity contribution in [2.45, 2.75) is 59.4 Å². The van der Waals surface area contributed by atoms with Gasteiger partial charge in [-0.05, 0) is 65.7 Å². The number of unbranched alkanes of at least 4 members (excludes halogenated alkanes) is 1. The van der Waals surface area contributed by atoms with Gasteiger partial charge in [0.2, 0.25) is 0 Å². The van der Waals surface area contributed by atoms with E-state index in [2.05, 4.69) is 48.1 Å². The van der Waals surface area contributed by atoms with Gasteiger partial charge in [0.1, 0.15) is 0 Å². The van der Waals surface area contributed by atoms with Crippen LogP contribution in [-0.2, 0) is 4.74 Å². The molecular weight excluding hydrogens is 453 g/mol. The summed E-state index contributed by atoms with van der Waals surface area (Å²) in [5, 5.41) is 6.94. The van der Waals surface area contributed by atoms with Crippen molar-refractivity contribution in [2.24, 2.45) is 4.99 Å². The molecule has 1 unspecified atom stereocenters. The number of hydrogen-bond acceptors (Lipinski definition) is 4. The van der Waals surface area contributed by atoms with Crippen LogP contribution in [0, 0.1) is 0 Å². The van der Waals surface area contributed by atoms with Crippen molar-refractivity contribution in [1.29, 1.82) is 0 Å². The summed E-state index contributed by atoms with van der Waals surface area (Å²) >= 11 is 0. The van der Waals surface area contributed by atoms with Crippen molar-refractivity contribution in [3.05, 3.63) is 0 Å². The van der Waals surface area contributed by atoms with Gasteiger partial charge in [0, 0.05) is 32.2 Å². The molecule has 0 aromatic heterocycles. The first-order valence-electron chi connectivity index (χ1n) is 10.8. The number of hydrogen-bond donors (Lipinski definition) is 2. The Hall–Kier alpha value is -0.120. The van der Waals surface area contributed by atoms with E-state index in [1.54, 1.807) is 0 Å². The maximum absolute atomic E-state index is 5.39. The van der Waals surface area contributed by atoms with Gasteiger partial charge in [0.15, 0.2) is 5.96 Å². The Kier molecular flexibility index (Phi) is 17.9. The molecule has 2 N–H and O–H groups in total. The zero-order valence-corrected chi connectivity index (χ0v) is 20.5. The highest BCUT2D eigenvalue weighted by molar-refractivity contribution is 14.0. The monoisotopic (exact) mass is 497 g/mol. The summed E-state index contributed by atoms with van der Waals surface area (Å²) in [6.45, 7) is 19.2. The molecule has 1 aliphatic rings. The first kappa shape index (κ1) is 26.9. The number of halogens is 1. The molecule has 1 saturated heterocycles. The Balaban J connectivity index is 0.00000676. The lowest BCUT2D eigenvalue weighted by atomic mass is 10.2. The quantitative estimate of drug-likeness (QED) is 0.177. The van der Waals surface area contributed by atoms with E-state index in [-0.39, 0.29) is 24.0 Å². The highest BCUT2D eigenvalue weighted by Crippen LogP contribution is 2.01. The Morgan fingerprint density at radius 2 is 1.81 bits per heavy atom. The topological polar surface area (TPSA) is 52.1 Å². The zero-order valence-electron chi connectivity index (χ0n) is 18.1. The van der Waals surface area contributed by atoms with E-state index in [0.29, 0.717) is 6.04 Å². The molecule has 1 aliphatic heterocycles. The molecule has 0 bridgehead atoms. The number of morpholine rings is 1. The first-order valence-corrected chi connectivity index (χ1v) is 10.8. The first-order chi connectivity index (χ1) is 12.7. The molecule has 1 rings (SSSR count). The van der Waals surface area contributed by atoms with Crippen LogP contribution in [0.15, 0.2) is 4.99 Å². The molecule has 27 heavy (non-hydrogen) atoms. The SMILES string of the molecule is CCNC(=NCCCCN1CCOCC1)NC(C)CCCN(CC)CC.I. The molecule has 1 fully saturated rings. The van der Waals surface area contributed by atoms with Crippen molar-refractivity contribution in [1.82, 2.24) is 20.4 Å². The van der Waals surface area contributed by atoms with Crippen molar-refractivity contribution in [2.75, 3.05) is 65.6 Å². The second kappa shape index (κ2) is 17.9. The summed E-state index contributed by atoms with van der Waals surface area (Å²) in [7, 11) is 0. The van der Waals surface area contributed by atoms with Crippen molar-refractivity contribution >= 4 is 29.9 Å². The highest BCUT2D eigenvalue weighted by atomic mass is 127. The standard InChI is InChI=1S/C20H43N5O.HI/c1-5-21-20(23-19(4)11-10-14-24(6-2)7-3)22-12-8-9-13-25-15-17-26-18-16-25;/h19H,5-18H2,1-4H3,(H2,21,22,23);1H. The van der Waals surface area contributed by atoms with Crippen LogP contribution in [0.4, 0.5) is 0 Å². The number of nitrogens with zero attached hydrogens (tertiary/aromatic N) is 3. The number of rotatable bonds is 13. The average molecular weight is 498 g/mol. The lowest BCUT2D eigenvalue weighted by molar-refractivity contribution is 0.0373. The number of aliphatic imine (C=N–C) groups is 1. The highest BCUT2D eigenvalue weighted by Gasteiger charge is 2.09. The van der Waals surface area contributed by atoms with Crippen LogP contribution in [-0.4, -0.2) is 87.4 Å². The Bertz CT molecular complexity index is 360. The van der Waals surface area contributed by atoms with Crippen LogP contribution < -0.4 is 10.6 Å². The fraction of sp³-hybridized carbons (Fsp3) is 0.950. The van der Waals surface area contributed by atoms with Crippen LogP contribution >= 0.6 is 24.0 Å².